The molecule has 0 radical (unpaired) electrons. The van der Waals surface area contributed by atoms with Crippen LogP contribution >= 0.6 is 0 Å². The van der Waals surface area contributed by atoms with Gasteiger partial charge in [-0.15, -0.1) is 0 Å². The number of nitrogens with zero attached hydrogens (tertiary/aromatic N) is 2. The lowest BCUT2D eigenvalue weighted by Gasteiger charge is -2.07. The molecule has 2 aromatic rings. The maximum atomic E-state index is 12.1. The van der Waals surface area contributed by atoms with Crippen LogP contribution < -0.4 is 4.72 Å². The van der Waals surface area contributed by atoms with Gasteiger partial charge in [0.2, 0.25) is 10.0 Å². The molecule has 0 aliphatic carbocycles. The molecule has 0 aliphatic rings. The van der Waals surface area contributed by atoms with Gasteiger partial charge < -0.3 is 5.11 Å². The second-order valence-electron chi connectivity index (χ2n) is 4.24. The number of aliphatic carboxylic acids is 1. The number of carboxylic acid groups (broad SMARTS) is 1. The Bertz CT molecular complexity index is 715. The number of sulfonamides is 1. The standard InChI is InChI=1S/C13H13N3O4S/c17-13(18)7-10-1-3-12(4-2-10)21(19,20)16-8-11-5-6-14-9-15-11/h1-6,9,16H,7-8H2,(H,17,18). The van der Waals surface area contributed by atoms with Gasteiger partial charge in [0.05, 0.1) is 23.6 Å². The zero-order chi connectivity index (χ0) is 15.3. The van der Waals surface area contributed by atoms with E-state index < -0.39 is 16.0 Å². The number of benzene rings is 1. The second kappa shape index (κ2) is 6.42. The van der Waals surface area contributed by atoms with Crippen LogP contribution in [0.5, 0.6) is 0 Å². The molecule has 7 nitrogen and oxygen atoms in total. The van der Waals surface area contributed by atoms with Gasteiger partial charge in [-0.05, 0) is 23.8 Å². The first-order valence-electron chi connectivity index (χ1n) is 6.03. The fourth-order valence-corrected chi connectivity index (χ4v) is 2.63. The topological polar surface area (TPSA) is 109 Å². The fourth-order valence-electron chi connectivity index (χ4n) is 1.64. The summed E-state index contributed by atoms with van der Waals surface area (Å²) in [5, 5.41) is 8.66. The Morgan fingerprint density at radius 2 is 1.90 bits per heavy atom. The van der Waals surface area contributed by atoms with Crippen molar-refractivity contribution in [3.05, 3.63) is 54.1 Å². The molecule has 1 aromatic carbocycles. The zero-order valence-corrected chi connectivity index (χ0v) is 11.7. The zero-order valence-electron chi connectivity index (χ0n) is 10.9. The molecule has 1 heterocycles. The van der Waals surface area contributed by atoms with Gasteiger partial charge in [-0.1, -0.05) is 12.1 Å². The Labute approximate surface area is 121 Å². The van der Waals surface area contributed by atoms with Gasteiger partial charge in [0.1, 0.15) is 6.33 Å². The highest BCUT2D eigenvalue weighted by molar-refractivity contribution is 7.89. The average Bonchev–Trinajstić information content (AvgIpc) is 2.46. The summed E-state index contributed by atoms with van der Waals surface area (Å²) in [4.78, 5) is 18.3. The molecule has 0 saturated heterocycles. The van der Waals surface area contributed by atoms with Crippen molar-refractivity contribution in [1.82, 2.24) is 14.7 Å². The summed E-state index contributed by atoms with van der Waals surface area (Å²) in [5.41, 5.74) is 1.09. The summed E-state index contributed by atoms with van der Waals surface area (Å²) in [6.07, 6.45) is 2.72. The number of hydrogen-bond donors (Lipinski definition) is 2. The van der Waals surface area contributed by atoms with Crippen molar-refractivity contribution in [2.75, 3.05) is 0 Å². The molecule has 0 spiro atoms. The van der Waals surface area contributed by atoms with Crippen LogP contribution in [-0.2, 0) is 27.8 Å². The predicted octanol–water partition coefficient (Wildman–Crippen LogP) is 0.582. The van der Waals surface area contributed by atoms with Crippen molar-refractivity contribution >= 4 is 16.0 Å². The molecular formula is C13H13N3O4S. The monoisotopic (exact) mass is 307 g/mol. The lowest BCUT2D eigenvalue weighted by molar-refractivity contribution is -0.136. The van der Waals surface area contributed by atoms with Gasteiger partial charge in [0, 0.05) is 6.20 Å². The van der Waals surface area contributed by atoms with E-state index in [9.17, 15) is 13.2 Å². The van der Waals surface area contributed by atoms with Crippen LogP contribution in [0.15, 0.2) is 47.8 Å². The minimum Gasteiger partial charge on any atom is -0.481 e. The number of nitrogens with one attached hydrogen (secondary N) is 1. The van der Waals surface area contributed by atoms with Crippen LogP contribution in [0.2, 0.25) is 0 Å². The molecule has 0 amide bonds. The third-order valence-corrected chi connectivity index (χ3v) is 4.09. The molecule has 110 valence electrons. The van der Waals surface area contributed by atoms with Crippen molar-refractivity contribution in [3.63, 3.8) is 0 Å². The van der Waals surface area contributed by atoms with E-state index in [0.29, 0.717) is 11.3 Å². The lowest BCUT2D eigenvalue weighted by Crippen LogP contribution is -2.23. The lowest BCUT2D eigenvalue weighted by atomic mass is 10.2. The molecule has 0 fully saturated rings. The van der Waals surface area contributed by atoms with Gasteiger partial charge in [-0.3, -0.25) is 4.79 Å². The Morgan fingerprint density at radius 3 is 2.48 bits per heavy atom. The minimum absolute atomic E-state index is 0.0573. The van der Waals surface area contributed by atoms with Crippen molar-refractivity contribution in [2.45, 2.75) is 17.9 Å². The average molecular weight is 307 g/mol. The fraction of sp³-hybridized carbons (Fsp3) is 0.154. The summed E-state index contributed by atoms with van der Waals surface area (Å²) in [6, 6.07) is 7.32. The van der Waals surface area contributed by atoms with Gasteiger partial charge in [0.15, 0.2) is 0 Å². The Balaban J connectivity index is 2.07. The van der Waals surface area contributed by atoms with E-state index in [1.807, 2.05) is 0 Å². The van der Waals surface area contributed by atoms with Crippen molar-refractivity contribution in [3.8, 4) is 0 Å². The largest absolute Gasteiger partial charge is 0.481 e. The highest BCUT2D eigenvalue weighted by atomic mass is 32.2. The molecule has 2 N–H and O–H groups in total. The Hall–Kier alpha value is -2.32. The van der Waals surface area contributed by atoms with Crippen LogP contribution in [0.1, 0.15) is 11.3 Å². The van der Waals surface area contributed by atoms with E-state index in [1.165, 1.54) is 36.8 Å². The molecule has 0 unspecified atom stereocenters. The Kier molecular flexibility index (Phi) is 4.61. The van der Waals surface area contributed by atoms with E-state index in [1.54, 1.807) is 6.07 Å². The number of hydrogen-bond acceptors (Lipinski definition) is 5. The highest BCUT2D eigenvalue weighted by Gasteiger charge is 2.14. The molecule has 0 aliphatic heterocycles. The summed E-state index contributed by atoms with van der Waals surface area (Å²) >= 11 is 0. The number of aromatic nitrogens is 2. The van der Waals surface area contributed by atoms with E-state index in [0.717, 1.165) is 0 Å². The van der Waals surface area contributed by atoms with Crippen molar-refractivity contribution in [2.24, 2.45) is 0 Å². The SMILES string of the molecule is O=C(O)Cc1ccc(S(=O)(=O)NCc2ccncn2)cc1. The van der Waals surface area contributed by atoms with Gasteiger partial charge in [-0.25, -0.2) is 23.1 Å². The number of rotatable bonds is 6. The van der Waals surface area contributed by atoms with Crippen LogP contribution in [0.3, 0.4) is 0 Å². The molecule has 0 atom stereocenters. The number of carboxylic acids is 1. The second-order valence-corrected chi connectivity index (χ2v) is 6.01. The van der Waals surface area contributed by atoms with Crippen LogP contribution in [0.25, 0.3) is 0 Å². The van der Waals surface area contributed by atoms with Gasteiger partial charge in [0.25, 0.3) is 0 Å². The third kappa shape index (κ3) is 4.33. The molecule has 21 heavy (non-hydrogen) atoms. The Morgan fingerprint density at radius 1 is 1.19 bits per heavy atom. The molecule has 2 rings (SSSR count). The van der Waals surface area contributed by atoms with E-state index >= 15 is 0 Å². The number of carbonyl (C=O) groups is 1. The predicted molar refractivity (Wildman–Crippen MR) is 73.8 cm³/mol. The van der Waals surface area contributed by atoms with Crippen molar-refractivity contribution in [1.29, 1.82) is 0 Å². The maximum absolute atomic E-state index is 12.1. The van der Waals surface area contributed by atoms with Crippen LogP contribution in [0, 0.1) is 0 Å². The van der Waals surface area contributed by atoms with E-state index in [4.69, 9.17) is 5.11 Å². The van der Waals surface area contributed by atoms with Gasteiger partial charge >= 0.3 is 5.97 Å². The molecule has 0 saturated carbocycles. The van der Waals surface area contributed by atoms with Gasteiger partial charge in [-0.2, -0.15) is 0 Å². The molecule has 8 heteroatoms. The summed E-state index contributed by atoms with van der Waals surface area (Å²) in [7, 11) is -3.66. The first-order valence-corrected chi connectivity index (χ1v) is 7.51. The van der Waals surface area contributed by atoms with E-state index in [-0.39, 0.29) is 17.9 Å². The molecule has 0 bridgehead atoms. The first kappa shape index (κ1) is 15.1. The van der Waals surface area contributed by atoms with Crippen LogP contribution in [-0.4, -0.2) is 29.5 Å². The molecular weight excluding hydrogens is 294 g/mol. The van der Waals surface area contributed by atoms with Crippen LogP contribution in [0.4, 0.5) is 0 Å². The minimum atomic E-state index is -3.66. The molecule has 1 aromatic heterocycles. The quantitative estimate of drug-likeness (QED) is 0.808. The third-order valence-electron chi connectivity index (χ3n) is 2.68. The smallest absolute Gasteiger partial charge is 0.307 e. The van der Waals surface area contributed by atoms with E-state index in [2.05, 4.69) is 14.7 Å². The van der Waals surface area contributed by atoms with Crippen molar-refractivity contribution < 1.29 is 18.3 Å². The summed E-state index contributed by atoms with van der Waals surface area (Å²) < 4.78 is 26.6. The summed E-state index contributed by atoms with van der Waals surface area (Å²) in [5.74, 6) is -0.965. The maximum Gasteiger partial charge on any atom is 0.307 e. The summed E-state index contributed by atoms with van der Waals surface area (Å²) in [6.45, 7) is 0.0573. The highest BCUT2D eigenvalue weighted by Crippen LogP contribution is 2.11. The first-order chi connectivity index (χ1) is 9.97. The normalized spacial score (nSPS) is 11.2.